The van der Waals surface area contributed by atoms with E-state index in [1.54, 1.807) is 11.3 Å². The lowest BCUT2D eigenvalue weighted by Crippen LogP contribution is -2.27. The number of halogens is 1. The Balaban J connectivity index is 2.33. The van der Waals surface area contributed by atoms with E-state index < -0.39 is 0 Å². The summed E-state index contributed by atoms with van der Waals surface area (Å²) in [5.41, 5.74) is -0.305. The predicted octanol–water partition coefficient (Wildman–Crippen LogP) is 3.04. The van der Waals surface area contributed by atoms with Crippen molar-refractivity contribution in [1.82, 2.24) is 5.32 Å². The third-order valence-electron chi connectivity index (χ3n) is 1.80. The molecule has 0 amide bonds. The van der Waals surface area contributed by atoms with E-state index in [-0.39, 0.29) is 5.41 Å². The SMILES string of the molecule is CC(C)(C#N)CNCc1ccc(Cl)s1. The van der Waals surface area contributed by atoms with E-state index in [2.05, 4.69) is 11.4 Å². The smallest absolute Gasteiger partial charge is 0.0931 e. The standard InChI is InChI=1S/C10H13ClN2S/c1-10(2,6-12)7-13-5-8-3-4-9(11)14-8/h3-4,13H,5,7H2,1-2H3. The molecule has 1 heterocycles. The number of hydrogen-bond donors (Lipinski definition) is 1. The summed E-state index contributed by atoms with van der Waals surface area (Å²) in [5.74, 6) is 0. The average Bonchev–Trinajstić information content (AvgIpc) is 2.51. The number of nitrogens with zero attached hydrogens (tertiary/aromatic N) is 1. The minimum Gasteiger partial charge on any atom is -0.310 e. The van der Waals surface area contributed by atoms with Gasteiger partial charge in [0.25, 0.3) is 0 Å². The van der Waals surface area contributed by atoms with E-state index >= 15 is 0 Å². The first-order valence-electron chi connectivity index (χ1n) is 4.40. The van der Waals surface area contributed by atoms with Crippen molar-refractivity contribution in [1.29, 1.82) is 5.26 Å². The van der Waals surface area contributed by atoms with Crippen molar-refractivity contribution < 1.29 is 0 Å². The van der Waals surface area contributed by atoms with Crippen LogP contribution in [0.1, 0.15) is 18.7 Å². The zero-order valence-corrected chi connectivity index (χ0v) is 9.87. The van der Waals surface area contributed by atoms with E-state index in [0.29, 0.717) is 6.54 Å². The summed E-state index contributed by atoms with van der Waals surface area (Å²) in [6.07, 6.45) is 0. The summed E-state index contributed by atoms with van der Waals surface area (Å²) in [5, 5.41) is 12.0. The van der Waals surface area contributed by atoms with Gasteiger partial charge in [0.15, 0.2) is 0 Å². The molecule has 0 saturated carbocycles. The van der Waals surface area contributed by atoms with Gasteiger partial charge in [0.05, 0.1) is 15.8 Å². The highest BCUT2D eigenvalue weighted by molar-refractivity contribution is 7.16. The third-order valence-corrected chi connectivity index (χ3v) is 3.03. The average molecular weight is 229 g/mol. The van der Waals surface area contributed by atoms with Crippen LogP contribution < -0.4 is 5.32 Å². The molecule has 14 heavy (non-hydrogen) atoms. The lowest BCUT2D eigenvalue weighted by Gasteiger charge is -2.15. The quantitative estimate of drug-likeness (QED) is 0.860. The summed E-state index contributed by atoms with van der Waals surface area (Å²) in [4.78, 5) is 1.20. The molecule has 1 rings (SSSR count). The number of nitrogens with one attached hydrogen (secondary N) is 1. The zero-order valence-electron chi connectivity index (χ0n) is 8.30. The summed E-state index contributed by atoms with van der Waals surface area (Å²) in [6.45, 7) is 5.31. The van der Waals surface area contributed by atoms with Gasteiger partial charge in [-0.2, -0.15) is 5.26 Å². The first kappa shape index (κ1) is 11.5. The fraction of sp³-hybridized carbons (Fsp3) is 0.500. The summed E-state index contributed by atoms with van der Waals surface area (Å²) in [7, 11) is 0. The van der Waals surface area contributed by atoms with Crippen LogP contribution in [-0.2, 0) is 6.54 Å². The van der Waals surface area contributed by atoms with E-state index in [1.807, 2.05) is 26.0 Å². The monoisotopic (exact) mass is 228 g/mol. The third kappa shape index (κ3) is 3.67. The van der Waals surface area contributed by atoms with Crippen LogP contribution in [0.4, 0.5) is 0 Å². The minimum absolute atomic E-state index is 0.305. The van der Waals surface area contributed by atoms with Gasteiger partial charge in [0, 0.05) is 18.0 Å². The highest BCUT2D eigenvalue weighted by Gasteiger charge is 2.15. The molecule has 1 aromatic heterocycles. The van der Waals surface area contributed by atoms with Crippen LogP contribution in [0.5, 0.6) is 0 Å². The van der Waals surface area contributed by atoms with E-state index in [4.69, 9.17) is 16.9 Å². The van der Waals surface area contributed by atoms with Crippen LogP contribution in [0.15, 0.2) is 12.1 Å². The van der Waals surface area contributed by atoms with Crippen molar-refractivity contribution in [2.45, 2.75) is 20.4 Å². The molecule has 0 atom stereocenters. The Kier molecular flexibility index (Phi) is 3.94. The molecule has 0 aliphatic carbocycles. The van der Waals surface area contributed by atoms with Crippen LogP contribution in [0.25, 0.3) is 0 Å². The van der Waals surface area contributed by atoms with Gasteiger partial charge in [0.2, 0.25) is 0 Å². The molecule has 0 aliphatic rings. The maximum absolute atomic E-state index is 8.79. The lowest BCUT2D eigenvalue weighted by atomic mass is 9.96. The number of rotatable bonds is 4. The van der Waals surface area contributed by atoms with Crippen molar-refractivity contribution >= 4 is 22.9 Å². The molecule has 76 valence electrons. The molecule has 0 unspecified atom stereocenters. The van der Waals surface area contributed by atoms with Crippen molar-refractivity contribution in [2.24, 2.45) is 5.41 Å². The zero-order chi connectivity index (χ0) is 10.6. The number of thiophene rings is 1. The van der Waals surface area contributed by atoms with Crippen LogP contribution in [0.2, 0.25) is 4.34 Å². The second kappa shape index (κ2) is 4.79. The summed E-state index contributed by atoms with van der Waals surface area (Å²) in [6, 6.07) is 6.13. The Morgan fingerprint density at radius 3 is 2.79 bits per heavy atom. The molecule has 0 fully saturated rings. The highest BCUT2D eigenvalue weighted by Crippen LogP contribution is 2.21. The Labute approximate surface area is 93.5 Å². The Hall–Kier alpha value is -0.560. The summed E-state index contributed by atoms with van der Waals surface area (Å²) < 4.78 is 0.807. The van der Waals surface area contributed by atoms with E-state index in [0.717, 1.165) is 10.9 Å². The second-order valence-corrected chi connectivity index (χ2v) is 5.60. The Morgan fingerprint density at radius 2 is 2.29 bits per heavy atom. The topological polar surface area (TPSA) is 35.8 Å². The molecule has 0 spiro atoms. The normalized spacial score (nSPS) is 11.3. The van der Waals surface area contributed by atoms with Crippen molar-refractivity contribution in [3.8, 4) is 6.07 Å². The van der Waals surface area contributed by atoms with Crippen molar-refractivity contribution in [2.75, 3.05) is 6.54 Å². The van der Waals surface area contributed by atoms with Gasteiger partial charge >= 0.3 is 0 Å². The molecule has 0 aliphatic heterocycles. The molecule has 1 N–H and O–H groups in total. The fourth-order valence-corrected chi connectivity index (χ4v) is 2.04. The van der Waals surface area contributed by atoms with Gasteiger partial charge in [-0.3, -0.25) is 0 Å². The molecule has 0 saturated heterocycles. The van der Waals surface area contributed by atoms with E-state index in [1.165, 1.54) is 4.88 Å². The Morgan fingerprint density at radius 1 is 1.57 bits per heavy atom. The van der Waals surface area contributed by atoms with Crippen molar-refractivity contribution in [3.05, 3.63) is 21.3 Å². The van der Waals surface area contributed by atoms with E-state index in [9.17, 15) is 0 Å². The van der Waals surface area contributed by atoms with Gasteiger partial charge in [-0.15, -0.1) is 11.3 Å². The molecule has 0 aromatic carbocycles. The molecule has 0 bridgehead atoms. The first-order chi connectivity index (χ1) is 6.53. The van der Waals surface area contributed by atoms with Gasteiger partial charge in [-0.1, -0.05) is 11.6 Å². The fourth-order valence-electron chi connectivity index (χ4n) is 0.984. The van der Waals surface area contributed by atoms with Gasteiger partial charge in [0.1, 0.15) is 0 Å². The molecule has 2 nitrogen and oxygen atoms in total. The molecule has 1 aromatic rings. The van der Waals surface area contributed by atoms with Gasteiger partial charge < -0.3 is 5.32 Å². The van der Waals surface area contributed by atoms with Gasteiger partial charge in [-0.25, -0.2) is 0 Å². The predicted molar refractivity (Wildman–Crippen MR) is 60.4 cm³/mol. The maximum atomic E-state index is 8.79. The molecular formula is C10H13ClN2S. The van der Waals surface area contributed by atoms with Crippen molar-refractivity contribution in [3.63, 3.8) is 0 Å². The molecular weight excluding hydrogens is 216 g/mol. The molecule has 4 heteroatoms. The number of nitriles is 1. The highest BCUT2D eigenvalue weighted by atomic mass is 35.5. The maximum Gasteiger partial charge on any atom is 0.0931 e. The number of hydrogen-bond acceptors (Lipinski definition) is 3. The van der Waals surface area contributed by atoms with Crippen LogP contribution in [0.3, 0.4) is 0 Å². The van der Waals surface area contributed by atoms with Crippen LogP contribution in [0, 0.1) is 16.7 Å². The van der Waals surface area contributed by atoms with Crippen LogP contribution >= 0.6 is 22.9 Å². The largest absolute Gasteiger partial charge is 0.310 e. The minimum atomic E-state index is -0.305. The van der Waals surface area contributed by atoms with Crippen LogP contribution in [-0.4, -0.2) is 6.54 Å². The van der Waals surface area contributed by atoms with Gasteiger partial charge in [-0.05, 0) is 26.0 Å². The Bertz CT molecular complexity index is 338. The lowest BCUT2D eigenvalue weighted by molar-refractivity contribution is 0.446. The first-order valence-corrected chi connectivity index (χ1v) is 5.59. The summed E-state index contributed by atoms with van der Waals surface area (Å²) >= 11 is 7.36. The second-order valence-electron chi connectivity index (χ2n) is 3.81. The molecule has 0 radical (unpaired) electrons.